The van der Waals surface area contributed by atoms with E-state index < -0.39 is 25.0 Å². The zero-order valence-corrected chi connectivity index (χ0v) is 19.1. The van der Waals surface area contributed by atoms with Gasteiger partial charge < -0.3 is 0 Å². The highest BCUT2D eigenvalue weighted by Gasteiger charge is 2.21. The third-order valence-electron chi connectivity index (χ3n) is 4.82. The van der Waals surface area contributed by atoms with Gasteiger partial charge in [-0.3, -0.25) is 19.6 Å². The number of nitrogens with one attached hydrogen (secondary N) is 2. The number of benzene rings is 3. The fourth-order valence-corrected chi connectivity index (χ4v) is 5.32. The van der Waals surface area contributed by atoms with Crippen molar-refractivity contribution in [3.8, 4) is 0 Å². The Labute approximate surface area is 186 Å². The van der Waals surface area contributed by atoms with E-state index in [1.807, 2.05) is 6.07 Å². The molecule has 9 nitrogen and oxygen atoms in total. The summed E-state index contributed by atoms with van der Waals surface area (Å²) in [5.74, 6) is 0. The largest absolute Gasteiger partial charge is 0.280 e. The van der Waals surface area contributed by atoms with Crippen LogP contribution in [-0.2, 0) is 20.0 Å². The number of anilines is 2. The van der Waals surface area contributed by atoms with Crippen molar-refractivity contribution in [2.75, 3.05) is 9.44 Å². The van der Waals surface area contributed by atoms with Gasteiger partial charge >= 0.3 is 0 Å². The van der Waals surface area contributed by atoms with E-state index in [0.717, 1.165) is 17.2 Å². The summed E-state index contributed by atoms with van der Waals surface area (Å²) in [6, 6.07) is 14.1. The first-order valence-corrected chi connectivity index (χ1v) is 12.3. The molecule has 2 N–H and O–H groups in total. The standard InChI is InChI=1S/C21H21N3O6S2/c1-14-7-10-19(13-20(14)24(25)26)32(29,30)22-17-8-11-18(12-9-17)31(27,28)23-21-15(2)5-4-6-16(21)3/h4-13,22-23H,1-3H3. The first-order valence-electron chi connectivity index (χ1n) is 9.38. The SMILES string of the molecule is Cc1ccc(S(=O)(=O)Nc2ccc(S(=O)(=O)Nc3c(C)cccc3C)cc2)cc1[N+](=O)[O-]. The molecule has 0 aromatic heterocycles. The van der Waals surface area contributed by atoms with E-state index in [0.29, 0.717) is 11.3 Å². The summed E-state index contributed by atoms with van der Waals surface area (Å²) in [6.07, 6.45) is 0. The minimum absolute atomic E-state index is 0.0472. The van der Waals surface area contributed by atoms with E-state index in [2.05, 4.69) is 9.44 Å². The Morgan fingerprint density at radius 2 is 1.25 bits per heavy atom. The molecule has 0 spiro atoms. The molecule has 0 unspecified atom stereocenters. The second-order valence-corrected chi connectivity index (χ2v) is 10.6. The van der Waals surface area contributed by atoms with Crippen LogP contribution in [-0.4, -0.2) is 21.8 Å². The Balaban J connectivity index is 1.84. The molecule has 0 atom stereocenters. The lowest BCUT2D eigenvalue weighted by Gasteiger charge is -2.14. The Bertz CT molecular complexity index is 1380. The van der Waals surface area contributed by atoms with Gasteiger partial charge in [-0.05, 0) is 62.2 Å². The highest BCUT2D eigenvalue weighted by atomic mass is 32.2. The summed E-state index contributed by atoms with van der Waals surface area (Å²) in [5.41, 5.74) is 2.15. The number of para-hydroxylation sites is 1. The molecule has 0 saturated carbocycles. The highest BCUT2D eigenvalue weighted by molar-refractivity contribution is 7.93. The van der Waals surface area contributed by atoms with Gasteiger partial charge in [-0.25, -0.2) is 16.8 Å². The fourth-order valence-electron chi connectivity index (χ4n) is 3.04. The molecule has 0 aliphatic carbocycles. The van der Waals surface area contributed by atoms with Gasteiger partial charge in [0.2, 0.25) is 0 Å². The van der Waals surface area contributed by atoms with Gasteiger partial charge in [-0.1, -0.05) is 24.3 Å². The minimum atomic E-state index is -4.11. The summed E-state index contributed by atoms with van der Waals surface area (Å²) in [5, 5.41) is 11.1. The molecule has 0 amide bonds. The van der Waals surface area contributed by atoms with Crippen molar-refractivity contribution < 1.29 is 21.8 Å². The van der Waals surface area contributed by atoms with E-state index in [4.69, 9.17) is 0 Å². The Morgan fingerprint density at radius 3 is 1.81 bits per heavy atom. The van der Waals surface area contributed by atoms with Gasteiger partial charge in [0.05, 0.1) is 20.4 Å². The third kappa shape index (κ3) is 4.89. The van der Waals surface area contributed by atoms with Gasteiger partial charge in [0.1, 0.15) is 0 Å². The van der Waals surface area contributed by atoms with Crippen LogP contribution < -0.4 is 9.44 Å². The lowest BCUT2D eigenvalue weighted by Crippen LogP contribution is -2.15. The maximum absolute atomic E-state index is 12.7. The van der Waals surface area contributed by atoms with E-state index in [-0.39, 0.29) is 21.2 Å². The molecule has 0 radical (unpaired) electrons. The monoisotopic (exact) mass is 475 g/mol. The minimum Gasteiger partial charge on any atom is -0.280 e. The number of nitro groups is 1. The van der Waals surface area contributed by atoms with Crippen LogP contribution in [0.4, 0.5) is 17.1 Å². The molecule has 32 heavy (non-hydrogen) atoms. The predicted molar refractivity (Wildman–Crippen MR) is 122 cm³/mol. The summed E-state index contributed by atoms with van der Waals surface area (Å²) in [6.45, 7) is 5.09. The smallest absolute Gasteiger partial charge is 0.273 e. The van der Waals surface area contributed by atoms with Crippen molar-refractivity contribution in [2.45, 2.75) is 30.6 Å². The predicted octanol–water partition coefficient (Wildman–Crippen LogP) is 4.12. The van der Waals surface area contributed by atoms with Crippen LogP contribution in [0.15, 0.2) is 70.5 Å². The number of hydrogen-bond acceptors (Lipinski definition) is 6. The van der Waals surface area contributed by atoms with Gasteiger partial charge in [0.15, 0.2) is 0 Å². The van der Waals surface area contributed by atoms with E-state index in [1.165, 1.54) is 43.3 Å². The molecule has 3 aromatic rings. The second-order valence-electron chi connectivity index (χ2n) is 7.21. The van der Waals surface area contributed by atoms with E-state index in [9.17, 15) is 26.9 Å². The van der Waals surface area contributed by atoms with Crippen LogP contribution in [0.3, 0.4) is 0 Å². The quantitative estimate of drug-likeness (QED) is 0.390. The Kier molecular flexibility index (Phi) is 6.24. The Morgan fingerprint density at radius 1 is 0.719 bits per heavy atom. The lowest BCUT2D eigenvalue weighted by molar-refractivity contribution is -0.385. The summed E-state index contributed by atoms with van der Waals surface area (Å²) in [7, 11) is -8.01. The molecule has 0 heterocycles. The van der Waals surface area contributed by atoms with Crippen molar-refractivity contribution >= 4 is 37.1 Å². The van der Waals surface area contributed by atoms with Crippen LogP contribution in [0.2, 0.25) is 0 Å². The Hall–Kier alpha value is -3.44. The molecule has 0 aliphatic rings. The van der Waals surface area contributed by atoms with E-state index in [1.54, 1.807) is 26.0 Å². The first kappa shape index (κ1) is 23.2. The second kappa shape index (κ2) is 8.60. The first-order chi connectivity index (χ1) is 14.9. The van der Waals surface area contributed by atoms with E-state index >= 15 is 0 Å². The molecule has 0 fully saturated rings. The molecule has 3 aromatic carbocycles. The highest BCUT2D eigenvalue weighted by Crippen LogP contribution is 2.26. The van der Waals surface area contributed by atoms with Gasteiger partial charge in [0, 0.05) is 17.3 Å². The molecular weight excluding hydrogens is 454 g/mol. The normalized spacial score (nSPS) is 11.7. The molecular formula is C21H21N3O6S2. The molecule has 168 valence electrons. The molecule has 11 heteroatoms. The molecule has 0 aliphatic heterocycles. The zero-order chi connectivity index (χ0) is 23.7. The topological polar surface area (TPSA) is 135 Å². The average Bonchev–Trinajstić information content (AvgIpc) is 2.71. The maximum Gasteiger partial charge on any atom is 0.273 e. The van der Waals surface area contributed by atoms with Crippen molar-refractivity contribution in [1.29, 1.82) is 0 Å². The van der Waals surface area contributed by atoms with Crippen molar-refractivity contribution in [3.63, 3.8) is 0 Å². The maximum atomic E-state index is 12.7. The van der Waals surface area contributed by atoms with Crippen molar-refractivity contribution in [1.82, 2.24) is 0 Å². The molecule has 0 bridgehead atoms. The van der Waals surface area contributed by atoms with Crippen LogP contribution >= 0.6 is 0 Å². The summed E-state index contributed by atoms with van der Waals surface area (Å²) >= 11 is 0. The number of hydrogen-bond donors (Lipinski definition) is 2. The van der Waals surface area contributed by atoms with Crippen LogP contribution in [0.1, 0.15) is 16.7 Å². The summed E-state index contributed by atoms with van der Waals surface area (Å²) < 4.78 is 55.6. The molecule has 0 saturated heterocycles. The van der Waals surface area contributed by atoms with Crippen molar-refractivity contribution in [2.24, 2.45) is 0 Å². The fraction of sp³-hybridized carbons (Fsp3) is 0.143. The van der Waals surface area contributed by atoms with Crippen LogP contribution in [0.25, 0.3) is 0 Å². The number of nitrogens with zero attached hydrogens (tertiary/aromatic N) is 1. The van der Waals surface area contributed by atoms with Crippen LogP contribution in [0.5, 0.6) is 0 Å². The zero-order valence-electron chi connectivity index (χ0n) is 17.5. The summed E-state index contributed by atoms with van der Waals surface area (Å²) in [4.78, 5) is 10.1. The van der Waals surface area contributed by atoms with Gasteiger partial charge in [-0.2, -0.15) is 0 Å². The molecule has 3 rings (SSSR count). The number of aryl methyl sites for hydroxylation is 3. The third-order valence-corrected chi connectivity index (χ3v) is 7.57. The number of nitro benzene ring substituents is 1. The van der Waals surface area contributed by atoms with Crippen LogP contribution in [0, 0.1) is 30.9 Å². The lowest BCUT2D eigenvalue weighted by atomic mass is 10.1. The number of rotatable bonds is 7. The van der Waals surface area contributed by atoms with Crippen molar-refractivity contribution in [3.05, 3.63) is 87.5 Å². The average molecular weight is 476 g/mol. The van der Waals surface area contributed by atoms with Gasteiger partial charge in [0.25, 0.3) is 25.7 Å². The van der Waals surface area contributed by atoms with Gasteiger partial charge in [-0.15, -0.1) is 0 Å². The number of sulfonamides is 2.